The third kappa shape index (κ3) is 4.68. The number of thiophene rings is 1. The molecule has 0 fully saturated rings. The standard InChI is InChI=1S/C59H37BN2S/c1-4-18-38(19-5-1)39-34-35-46-52(36-39)62(51-32-16-27-45-44-26-12-15-33-54(44)63-58(45)51)60-49-30-17-29-48-57(49)61(53-37-40-20-10-11-25-43(40)55(46)56(53)60)50-31-14-13-28-47(50)59(48,41-21-6-2-7-22-41)42-23-8-3-9-24-42/h1-37H. The molecule has 3 aliphatic rings. The van der Waals surface area contributed by atoms with Crippen LogP contribution >= 0.6 is 11.3 Å². The van der Waals surface area contributed by atoms with Gasteiger partial charge in [-0.15, -0.1) is 11.3 Å². The van der Waals surface area contributed by atoms with Gasteiger partial charge < -0.3 is 9.71 Å². The van der Waals surface area contributed by atoms with Crippen molar-refractivity contribution >= 4 is 88.5 Å². The van der Waals surface area contributed by atoms with Gasteiger partial charge in [-0.25, -0.2) is 0 Å². The Morgan fingerprint density at radius 3 is 1.87 bits per heavy atom. The third-order valence-corrected chi connectivity index (χ3v) is 15.3. The monoisotopic (exact) mass is 816 g/mol. The van der Waals surface area contributed by atoms with Crippen LogP contribution < -0.4 is 20.6 Å². The lowest BCUT2D eigenvalue weighted by Crippen LogP contribution is -2.62. The Bertz CT molecular complexity index is 3610. The quantitative estimate of drug-likeness (QED) is 0.163. The third-order valence-electron chi connectivity index (χ3n) is 14.1. The zero-order valence-corrected chi connectivity index (χ0v) is 35.1. The zero-order chi connectivity index (χ0) is 41.2. The van der Waals surface area contributed by atoms with Crippen LogP contribution in [-0.4, -0.2) is 6.85 Å². The van der Waals surface area contributed by atoms with Crippen LogP contribution in [0.1, 0.15) is 22.3 Å². The molecule has 0 spiro atoms. The Hall–Kier alpha value is -7.66. The largest absolute Gasteiger partial charge is 0.375 e. The van der Waals surface area contributed by atoms with Gasteiger partial charge in [0.15, 0.2) is 0 Å². The molecule has 0 atom stereocenters. The van der Waals surface area contributed by atoms with Crippen molar-refractivity contribution in [2.45, 2.75) is 5.41 Å². The van der Waals surface area contributed by atoms with E-state index in [9.17, 15) is 0 Å². The van der Waals surface area contributed by atoms with E-state index >= 15 is 0 Å². The topological polar surface area (TPSA) is 6.48 Å². The van der Waals surface area contributed by atoms with Crippen LogP contribution in [0.2, 0.25) is 0 Å². The minimum absolute atomic E-state index is 0.144. The molecule has 0 aliphatic carbocycles. The molecule has 0 bridgehead atoms. The van der Waals surface area contributed by atoms with E-state index < -0.39 is 5.41 Å². The predicted octanol–water partition coefficient (Wildman–Crippen LogP) is 14.3. The van der Waals surface area contributed by atoms with Crippen LogP contribution in [-0.2, 0) is 5.41 Å². The highest BCUT2D eigenvalue weighted by molar-refractivity contribution is 7.26. The Morgan fingerprint density at radius 2 is 1.06 bits per heavy atom. The molecule has 0 saturated heterocycles. The molecule has 4 heteroatoms. The summed E-state index contributed by atoms with van der Waals surface area (Å²) in [5, 5.41) is 5.12. The molecule has 11 aromatic rings. The maximum Gasteiger partial charge on any atom is 0.333 e. The first-order valence-corrected chi connectivity index (χ1v) is 22.7. The number of nitrogens with zero attached hydrogens (tertiary/aromatic N) is 2. The molecular weight excluding hydrogens is 780 g/mol. The van der Waals surface area contributed by atoms with E-state index in [2.05, 4.69) is 234 Å². The normalized spacial score (nSPS) is 14.1. The fourth-order valence-corrected chi connectivity index (χ4v) is 12.8. The fraction of sp³-hybridized carbons (Fsp3) is 0.0169. The van der Waals surface area contributed by atoms with Gasteiger partial charge in [0.25, 0.3) is 0 Å². The van der Waals surface area contributed by atoms with Crippen molar-refractivity contribution in [3.63, 3.8) is 0 Å². The van der Waals surface area contributed by atoms with Gasteiger partial charge in [-0.05, 0) is 91.0 Å². The number of anilines is 5. The first-order chi connectivity index (χ1) is 31.3. The number of rotatable bonds is 4. The van der Waals surface area contributed by atoms with Crippen LogP contribution in [0, 0.1) is 0 Å². The Balaban J connectivity index is 1.17. The van der Waals surface area contributed by atoms with Gasteiger partial charge in [0.1, 0.15) is 0 Å². The summed E-state index contributed by atoms with van der Waals surface area (Å²) >= 11 is 1.91. The number of benzene rings is 10. The minimum atomic E-state index is -0.582. The van der Waals surface area contributed by atoms with Crippen molar-refractivity contribution in [2.24, 2.45) is 0 Å². The summed E-state index contributed by atoms with van der Waals surface area (Å²) in [6, 6.07) is 84.2. The van der Waals surface area contributed by atoms with Gasteiger partial charge in [0, 0.05) is 43.8 Å². The van der Waals surface area contributed by atoms with E-state index in [1.165, 1.54) is 115 Å². The molecule has 10 aromatic carbocycles. The fourth-order valence-electron chi connectivity index (χ4n) is 11.6. The molecule has 0 N–H and O–H groups in total. The summed E-state index contributed by atoms with van der Waals surface area (Å²) in [5.41, 5.74) is 18.3. The van der Waals surface area contributed by atoms with Gasteiger partial charge in [-0.2, -0.15) is 0 Å². The lowest BCUT2D eigenvalue weighted by Gasteiger charge is -2.52. The summed E-state index contributed by atoms with van der Waals surface area (Å²) in [7, 11) is 0. The van der Waals surface area contributed by atoms with Gasteiger partial charge in [0.05, 0.1) is 15.8 Å². The SMILES string of the molecule is c1ccc(-c2ccc3c(c2)N(c2cccc4c2sc2ccccc24)B2c4cccc5c4N(c4ccccc4C5(c4ccccc4)c4ccccc4)c4cc5ccccc5c-3c42)cc1. The molecule has 14 rings (SSSR count). The average molecular weight is 817 g/mol. The average Bonchev–Trinajstić information content (AvgIpc) is 3.75. The molecule has 4 heterocycles. The summed E-state index contributed by atoms with van der Waals surface area (Å²) in [6.07, 6.45) is 0. The molecular formula is C59H37BN2S. The minimum Gasteiger partial charge on any atom is -0.375 e. The van der Waals surface area contributed by atoms with Crippen LogP contribution in [0.15, 0.2) is 224 Å². The van der Waals surface area contributed by atoms with Crippen molar-refractivity contribution in [1.82, 2.24) is 0 Å². The highest BCUT2D eigenvalue weighted by Crippen LogP contribution is 2.60. The summed E-state index contributed by atoms with van der Waals surface area (Å²) < 4.78 is 2.61. The van der Waals surface area contributed by atoms with E-state index in [0.717, 1.165) is 0 Å². The number of hydrogen-bond donors (Lipinski definition) is 0. The van der Waals surface area contributed by atoms with Crippen molar-refractivity contribution in [1.29, 1.82) is 0 Å². The second-order valence-electron chi connectivity index (χ2n) is 17.1. The van der Waals surface area contributed by atoms with Crippen molar-refractivity contribution in [3.8, 4) is 22.3 Å². The van der Waals surface area contributed by atoms with E-state index in [1.54, 1.807) is 0 Å². The highest BCUT2D eigenvalue weighted by atomic mass is 32.1. The molecule has 0 saturated carbocycles. The molecule has 0 unspecified atom stereocenters. The van der Waals surface area contributed by atoms with Crippen LogP contribution in [0.5, 0.6) is 0 Å². The number of hydrogen-bond acceptors (Lipinski definition) is 3. The van der Waals surface area contributed by atoms with Crippen molar-refractivity contribution < 1.29 is 0 Å². The second kappa shape index (κ2) is 13.2. The highest BCUT2D eigenvalue weighted by Gasteiger charge is 2.53. The maximum atomic E-state index is 2.72. The van der Waals surface area contributed by atoms with Crippen LogP contribution in [0.25, 0.3) is 53.2 Å². The van der Waals surface area contributed by atoms with Gasteiger partial charge >= 0.3 is 6.85 Å². The lowest BCUT2D eigenvalue weighted by atomic mass is 9.42. The van der Waals surface area contributed by atoms with E-state index in [0.29, 0.717) is 0 Å². The maximum absolute atomic E-state index is 2.72. The summed E-state index contributed by atoms with van der Waals surface area (Å²) in [4.78, 5) is 5.35. The van der Waals surface area contributed by atoms with E-state index in [4.69, 9.17) is 0 Å². The van der Waals surface area contributed by atoms with E-state index in [-0.39, 0.29) is 6.85 Å². The predicted molar refractivity (Wildman–Crippen MR) is 268 cm³/mol. The number of para-hydroxylation sites is 2. The van der Waals surface area contributed by atoms with Gasteiger partial charge in [0.2, 0.25) is 0 Å². The van der Waals surface area contributed by atoms with Crippen LogP contribution in [0.3, 0.4) is 0 Å². The Kier molecular flexibility index (Phi) is 7.32. The molecule has 63 heavy (non-hydrogen) atoms. The summed E-state index contributed by atoms with van der Waals surface area (Å²) in [5.74, 6) is 0. The van der Waals surface area contributed by atoms with Gasteiger partial charge in [-0.1, -0.05) is 194 Å². The number of fused-ring (bicyclic) bond motifs is 11. The molecule has 0 radical (unpaired) electrons. The van der Waals surface area contributed by atoms with Gasteiger partial charge in [-0.3, -0.25) is 0 Å². The molecule has 292 valence electrons. The molecule has 2 nitrogen and oxygen atoms in total. The smallest absolute Gasteiger partial charge is 0.333 e. The molecule has 0 amide bonds. The van der Waals surface area contributed by atoms with Crippen LogP contribution in [0.4, 0.5) is 28.4 Å². The first kappa shape index (κ1) is 35.0. The zero-order valence-electron chi connectivity index (χ0n) is 34.2. The Labute approximate surface area is 370 Å². The Morgan fingerprint density at radius 1 is 0.429 bits per heavy atom. The van der Waals surface area contributed by atoms with Crippen molar-refractivity contribution in [3.05, 3.63) is 247 Å². The van der Waals surface area contributed by atoms with E-state index in [1.807, 2.05) is 11.3 Å². The molecule has 1 aromatic heterocycles. The lowest BCUT2D eigenvalue weighted by molar-refractivity contribution is 0.732. The summed E-state index contributed by atoms with van der Waals surface area (Å²) in [6.45, 7) is -0.144. The second-order valence-corrected chi connectivity index (χ2v) is 18.2. The first-order valence-electron chi connectivity index (χ1n) is 21.9. The molecule has 3 aliphatic heterocycles. The van der Waals surface area contributed by atoms with Crippen molar-refractivity contribution in [2.75, 3.05) is 9.71 Å².